The van der Waals surface area contributed by atoms with Crippen LogP contribution in [0.3, 0.4) is 0 Å². The van der Waals surface area contributed by atoms with Gasteiger partial charge in [0.25, 0.3) is 0 Å². The molecule has 2 heterocycles. The van der Waals surface area contributed by atoms with Gasteiger partial charge < -0.3 is 5.11 Å². The molecule has 1 atom stereocenters. The van der Waals surface area contributed by atoms with Crippen LogP contribution < -0.4 is 4.90 Å². The number of aromatic nitrogens is 2. The van der Waals surface area contributed by atoms with Gasteiger partial charge in [-0.15, -0.1) is 0 Å². The second-order valence-corrected chi connectivity index (χ2v) is 8.63. The number of carboxylic acid groups (broad SMARTS) is 1. The number of nitrogens with zero attached hydrogens (tertiary/aromatic N) is 6. The number of fused-ring (bicyclic) bond motifs is 1. The van der Waals surface area contributed by atoms with E-state index >= 15 is 0 Å². The number of amides is 1. The highest BCUT2D eigenvalue weighted by molar-refractivity contribution is 5.86. The van der Waals surface area contributed by atoms with Crippen LogP contribution in [0.25, 0.3) is 10.4 Å². The van der Waals surface area contributed by atoms with Gasteiger partial charge in [-0.1, -0.05) is 38.0 Å². The summed E-state index contributed by atoms with van der Waals surface area (Å²) < 4.78 is 40.3. The van der Waals surface area contributed by atoms with E-state index in [4.69, 9.17) is 5.53 Å². The molecule has 8 nitrogen and oxygen atoms in total. The Labute approximate surface area is 176 Å². The first kappa shape index (κ1) is 22.5. The summed E-state index contributed by atoms with van der Waals surface area (Å²) in [6, 6.07) is 4.84. The van der Waals surface area contributed by atoms with E-state index in [2.05, 4.69) is 15.1 Å². The molecule has 1 aliphatic heterocycles. The zero-order valence-electron chi connectivity index (χ0n) is 17.4. The Kier molecular flexibility index (Phi) is 5.91. The monoisotopic (exact) mass is 436 g/mol. The molecule has 3 rings (SSSR count). The van der Waals surface area contributed by atoms with E-state index in [1.54, 1.807) is 4.68 Å². The van der Waals surface area contributed by atoms with Gasteiger partial charge in [-0.2, -0.15) is 18.3 Å². The Balaban J connectivity index is 2.06. The van der Waals surface area contributed by atoms with Crippen molar-refractivity contribution in [1.29, 1.82) is 0 Å². The number of hydrogen-bond donors (Lipinski definition) is 1. The molecule has 0 aliphatic carbocycles. The van der Waals surface area contributed by atoms with E-state index in [0.717, 1.165) is 12.1 Å². The molecule has 0 saturated heterocycles. The molecule has 0 radical (unpaired) electrons. The summed E-state index contributed by atoms with van der Waals surface area (Å²) in [4.78, 5) is 15.9. The molecule has 31 heavy (non-hydrogen) atoms. The third-order valence-electron chi connectivity index (χ3n) is 5.16. The average Bonchev–Trinajstić information content (AvgIpc) is 3.04. The van der Waals surface area contributed by atoms with E-state index in [1.165, 1.54) is 17.0 Å². The van der Waals surface area contributed by atoms with E-state index in [1.807, 2.05) is 20.8 Å². The number of alkyl halides is 3. The molecule has 0 fully saturated rings. The Morgan fingerprint density at radius 2 is 1.90 bits per heavy atom. The molecule has 2 aromatic rings. The molecule has 0 saturated carbocycles. The summed E-state index contributed by atoms with van der Waals surface area (Å²) in [5, 5.41) is 18.0. The van der Waals surface area contributed by atoms with Gasteiger partial charge in [0.1, 0.15) is 5.82 Å². The maximum atomic E-state index is 12.9. The summed E-state index contributed by atoms with van der Waals surface area (Å²) in [5.41, 5.74) is 9.40. The number of halogens is 3. The minimum Gasteiger partial charge on any atom is -0.465 e. The molecule has 1 aromatic heterocycles. The van der Waals surface area contributed by atoms with Crippen molar-refractivity contribution in [3.63, 3.8) is 0 Å². The first-order valence-corrected chi connectivity index (χ1v) is 9.69. The first-order valence-electron chi connectivity index (χ1n) is 9.69. The summed E-state index contributed by atoms with van der Waals surface area (Å²) in [7, 11) is 0. The lowest BCUT2D eigenvalue weighted by atomic mass is 9.87. The number of hydrogen-bond acceptors (Lipinski definition) is 3. The summed E-state index contributed by atoms with van der Waals surface area (Å²) in [6.45, 7) is 6.50. The smallest absolute Gasteiger partial charge is 0.416 e. The van der Waals surface area contributed by atoms with E-state index in [-0.39, 0.29) is 25.4 Å². The van der Waals surface area contributed by atoms with Crippen LogP contribution in [-0.2, 0) is 24.6 Å². The molecule has 11 heteroatoms. The Morgan fingerprint density at radius 1 is 1.26 bits per heavy atom. The molecule has 1 aromatic carbocycles. The molecule has 1 amide bonds. The van der Waals surface area contributed by atoms with Crippen LogP contribution in [0.5, 0.6) is 0 Å². The minimum atomic E-state index is -4.42. The van der Waals surface area contributed by atoms with Crippen LogP contribution in [0, 0.1) is 5.92 Å². The number of azide groups is 1. The third-order valence-corrected chi connectivity index (χ3v) is 5.16. The van der Waals surface area contributed by atoms with Crippen LogP contribution in [0.1, 0.15) is 43.2 Å². The van der Waals surface area contributed by atoms with Crippen LogP contribution in [-0.4, -0.2) is 34.1 Å². The standard InChI is InChI=1S/C20H23F3N6O2/c1-19(2,3)16-15(8-12-4-6-14(7-5-12)20(21,22)23)17-28(18(30)31)10-13(9-25-27-24)11-29(17)26-16/h4-7,13H,8-11H2,1-3H3,(H,30,31). The Morgan fingerprint density at radius 3 is 2.42 bits per heavy atom. The second kappa shape index (κ2) is 8.14. The lowest BCUT2D eigenvalue weighted by molar-refractivity contribution is -0.137. The fourth-order valence-corrected chi connectivity index (χ4v) is 3.78. The quantitative estimate of drug-likeness (QED) is 0.403. The lowest BCUT2D eigenvalue weighted by Gasteiger charge is -2.31. The van der Waals surface area contributed by atoms with Crippen LogP contribution >= 0.6 is 0 Å². The summed E-state index contributed by atoms with van der Waals surface area (Å²) in [6.07, 6.45) is -5.35. The van der Waals surface area contributed by atoms with Gasteiger partial charge in [-0.05, 0) is 23.2 Å². The van der Waals surface area contributed by atoms with Crippen LogP contribution in [0.2, 0.25) is 0 Å². The predicted octanol–water partition coefficient (Wildman–Crippen LogP) is 5.21. The van der Waals surface area contributed by atoms with E-state index in [9.17, 15) is 23.1 Å². The Bertz CT molecular complexity index is 1020. The summed E-state index contributed by atoms with van der Waals surface area (Å²) >= 11 is 0. The van der Waals surface area contributed by atoms with Gasteiger partial charge in [-0.25, -0.2) is 9.48 Å². The topological polar surface area (TPSA) is 107 Å². The molecular weight excluding hydrogens is 413 g/mol. The highest BCUT2D eigenvalue weighted by Crippen LogP contribution is 2.37. The SMILES string of the molecule is CC(C)(C)c1nn2c(c1Cc1ccc(C(F)(F)F)cc1)N(C(=O)O)CC(CN=[N+]=[N-])C2. The normalized spacial score (nSPS) is 16.6. The molecule has 166 valence electrons. The minimum absolute atomic E-state index is 0.138. The van der Waals surface area contributed by atoms with Crippen molar-refractivity contribution in [2.75, 3.05) is 18.0 Å². The van der Waals surface area contributed by atoms with Crippen molar-refractivity contribution < 1.29 is 23.1 Å². The number of carbonyl (C=O) groups is 1. The second-order valence-electron chi connectivity index (χ2n) is 8.63. The van der Waals surface area contributed by atoms with Crippen molar-refractivity contribution in [1.82, 2.24) is 9.78 Å². The first-order chi connectivity index (χ1) is 14.4. The molecule has 1 unspecified atom stereocenters. The highest BCUT2D eigenvalue weighted by atomic mass is 19.4. The average molecular weight is 436 g/mol. The maximum absolute atomic E-state index is 12.9. The van der Waals surface area contributed by atoms with Crippen molar-refractivity contribution in [3.05, 3.63) is 57.1 Å². The van der Waals surface area contributed by atoms with E-state index in [0.29, 0.717) is 29.2 Å². The van der Waals surface area contributed by atoms with Gasteiger partial charge in [0, 0.05) is 47.9 Å². The number of rotatable bonds is 4. The van der Waals surface area contributed by atoms with Crippen LogP contribution in [0.4, 0.5) is 23.8 Å². The van der Waals surface area contributed by atoms with Gasteiger partial charge >= 0.3 is 12.3 Å². The largest absolute Gasteiger partial charge is 0.465 e. The molecule has 1 N–H and O–H groups in total. The van der Waals surface area contributed by atoms with Gasteiger partial charge in [0.05, 0.1) is 11.3 Å². The zero-order valence-corrected chi connectivity index (χ0v) is 17.4. The van der Waals surface area contributed by atoms with Gasteiger partial charge in [0.2, 0.25) is 0 Å². The fraction of sp³-hybridized carbons (Fsp3) is 0.500. The van der Waals surface area contributed by atoms with Crippen molar-refractivity contribution in [2.24, 2.45) is 11.0 Å². The summed E-state index contributed by atoms with van der Waals surface area (Å²) in [5.74, 6) is 0.181. The molecule has 0 bridgehead atoms. The highest BCUT2D eigenvalue weighted by Gasteiger charge is 2.36. The number of benzene rings is 1. The molecular formula is C20H23F3N6O2. The molecule has 0 spiro atoms. The van der Waals surface area contributed by atoms with Crippen molar-refractivity contribution in [3.8, 4) is 0 Å². The predicted molar refractivity (Wildman–Crippen MR) is 108 cm³/mol. The zero-order chi connectivity index (χ0) is 23.0. The van der Waals surface area contributed by atoms with Crippen LogP contribution in [0.15, 0.2) is 29.4 Å². The number of anilines is 1. The fourth-order valence-electron chi connectivity index (χ4n) is 3.78. The van der Waals surface area contributed by atoms with E-state index < -0.39 is 23.2 Å². The van der Waals surface area contributed by atoms with Gasteiger partial charge in [-0.3, -0.25) is 4.90 Å². The van der Waals surface area contributed by atoms with Gasteiger partial charge in [0.15, 0.2) is 0 Å². The Hall–Kier alpha value is -3.20. The lowest BCUT2D eigenvalue weighted by Crippen LogP contribution is -2.43. The molecule has 1 aliphatic rings. The third kappa shape index (κ3) is 4.77. The maximum Gasteiger partial charge on any atom is 0.416 e. The van der Waals surface area contributed by atoms with Crippen molar-refractivity contribution >= 4 is 11.9 Å². The van der Waals surface area contributed by atoms with Crippen molar-refractivity contribution in [2.45, 2.75) is 45.3 Å².